The third kappa shape index (κ3) is 2.09. The maximum atomic E-state index is 11.7. The first-order chi connectivity index (χ1) is 7.68. The lowest BCUT2D eigenvalue weighted by molar-refractivity contribution is -0.137. The van der Waals surface area contributed by atoms with E-state index < -0.39 is 0 Å². The van der Waals surface area contributed by atoms with Gasteiger partial charge in [-0.05, 0) is 31.1 Å². The van der Waals surface area contributed by atoms with Crippen molar-refractivity contribution < 1.29 is 9.53 Å². The Morgan fingerprint density at radius 2 is 2.12 bits per heavy atom. The van der Waals surface area contributed by atoms with Gasteiger partial charge >= 0.3 is 0 Å². The first-order valence-electron chi connectivity index (χ1n) is 6.20. The SMILES string of the molecule is COCC(=O)N1CCC2(CCCC2N)CC1. The molecule has 1 spiro atoms. The number of hydrogen-bond acceptors (Lipinski definition) is 3. The molecule has 2 aliphatic rings. The number of piperidine rings is 1. The zero-order valence-electron chi connectivity index (χ0n) is 10.1. The quantitative estimate of drug-likeness (QED) is 0.756. The maximum Gasteiger partial charge on any atom is 0.248 e. The van der Waals surface area contributed by atoms with Crippen molar-refractivity contribution in [3.63, 3.8) is 0 Å². The molecule has 1 atom stereocenters. The molecular formula is C12H22N2O2. The van der Waals surface area contributed by atoms with Gasteiger partial charge in [0.05, 0.1) is 0 Å². The van der Waals surface area contributed by atoms with E-state index >= 15 is 0 Å². The molecule has 0 aromatic carbocycles. The molecule has 0 bridgehead atoms. The predicted molar refractivity (Wildman–Crippen MR) is 61.9 cm³/mol. The monoisotopic (exact) mass is 226 g/mol. The van der Waals surface area contributed by atoms with Crippen molar-refractivity contribution in [2.24, 2.45) is 11.1 Å². The van der Waals surface area contributed by atoms with E-state index in [1.807, 2.05) is 4.90 Å². The van der Waals surface area contributed by atoms with Gasteiger partial charge < -0.3 is 15.4 Å². The number of ether oxygens (including phenoxy) is 1. The molecular weight excluding hydrogens is 204 g/mol. The van der Waals surface area contributed by atoms with Crippen LogP contribution in [0, 0.1) is 5.41 Å². The fourth-order valence-corrected chi connectivity index (χ4v) is 3.20. The Balaban J connectivity index is 1.89. The second kappa shape index (κ2) is 4.72. The van der Waals surface area contributed by atoms with E-state index in [1.54, 1.807) is 7.11 Å². The lowest BCUT2D eigenvalue weighted by Gasteiger charge is -2.42. The molecule has 92 valence electrons. The van der Waals surface area contributed by atoms with Gasteiger partial charge in [0, 0.05) is 26.2 Å². The summed E-state index contributed by atoms with van der Waals surface area (Å²) in [5, 5.41) is 0. The van der Waals surface area contributed by atoms with E-state index in [1.165, 1.54) is 12.8 Å². The second-order valence-corrected chi connectivity index (χ2v) is 5.17. The molecule has 4 heteroatoms. The maximum absolute atomic E-state index is 11.7. The summed E-state index contributed by atoms with van der Waals surface area (Å²) >= 11 is 0. The molecule has 2 N–H and O–H groups in total. The highest BCUT2D eigenvalue weighted by atomic mass is 16.5. The number of methoxy groups -OCH3 is 1. The van der Waals surface area contributed by atoms with Gasteiger partial charge in [0.25, 0.3) is 0 Å². The van der Waals surface area contributed by atoms with E-state index in [0.29, 0.717) is 11.5 Å². The highest BCUT2D eigenvalue weighted by molar-refractivity contribution is 5.77. The molecule has 0 aromatic heterocycles. The molecule has 16 heavy (non-hydrogen) atoms. The van der Waals surface area contributed by atoms with Gasteiger partial charge in [-0.25, -0.2) is 0 Å². The van der Waals surface area contributed by atoms with Crippen molar-refractivity contribution in [1.82, 2.24) is 4.90 Å². The Morgan fingerprint density at radius 3 is 2.62 bits per heavy atom. The Bertz CT molecular complexity index is 260. The third-order valence-corrected chi connectivity index (χ3v) is 4.36. The molecule has 1 saturated carbocycles. The number of amides is 1. The largest absolute Gasteiger partial charge is 0.375 e. The van der Waals surface area contributed by atoms with E-state index in [9.17, 15) is 4.79 Å². The normalized spacial score (nSPS) is 28.6. The van der Waals surface area contributed by atoms with Crippen molar-refractivity contribution in [1.29, 1.82) is 0 Å². The summed E-state index contributed by atoms with van der Waals surface area (Å²) in [4.78, 5) is 13.6. The molecule has 2 rings (SSSR count). The number of rotatable bonds is 2. The lowest BCUT2D eigenvalue weighted by Crippen LogP contribution is -2.49. The lowest BCUT2D eigenvalue weighted by atomic mass is 9.74. The molecule has 0 aromatic rings. The summed E-state index contributed by atoms with van der Waals surface area (Å²) in [5.74, 6) is 0.115. The van der Waals surface area contributed by atoms with Crippen LogP contribution in [0.25, 0.3) is 0 Å². The Hall–Kier alpha value is -0.610. The fraction of sp³-hybridized carbons (Fsp3) is 0.917. The van der Waals surface area contributed by atoms with Crippen molar-refractivity contribution in [3.8, 4) is 0 Å². The Labute approximate surface area is 97.1 Å². The summed E-state index contributed by atoms with van der Waals surface area (Å²) in [7, 11) is 1.57. The minimum absolute atomic E-state index is 0.115. The van der Waals surface area contributed by atoms with Crippen LogP contribution in [0.5, 0.6) is 0 Å². The summed E-state index contributed by atoms with van der Waals surface area (Å²) in [6.07, 6.45) is 5.81. The number of carbonyl (C=O) groups excluding carboxylic acids is 1. The van der Waals surface area contributed by atoms with Crippen molar-refractivity contribution in [3.05, 3.63) is 0 Å². The van der Waals surface area contributed by atoms with E-state index in [4.69, 9.17) is 10.5 Å². The third-order valence-electron chi connectivity index (χ3n) is 4.36. The molecule has 1 saturated heterocycles. The van der Waals surface area contributed by atoms with Crippen molar-refractivity contribution in [2.75, 3.05) is 26.8 Å². The van der Waals surface area contributed by atoms with Crippen molar-refractivity contribution in [2.45, 2.75) is 38.1 Å². The predicted octanol–water partition coefficient (Wildman–Crippen LogP) is 0.753. The molecule has 1 aliphatic heterocycles. The topological polar surface area (TPSA) is 55.6 Å². The number of likely N-dealkylation sites (tertiary alicyclic amines) is 1. The summed E-state index contributed by atoms with van der Waals surface area (Å²) in [6, 6.07) is 0.354. The number of hydrogen-bond donors (Lipinski definition) is 1. The van der Waals surface area contributed by atoms with Crippen LogP contribution in [-0.2, 0) is 9.53 Å². The second-order valence-electron chi connectivity index (χ2n) is 5.17. The Morgan fingerprint density at radius 1 is 1.44 bits per heavy atom. The highest BCUT2D eigenvalue weighted by Crippen LogP contribution is 2.45. The average molecular weight is 226 g/mol. The van der Waals surface area contributed by atoms with Crippen LogP contribution in [0.3, 0.4) is 0 Å². The molecule has 1 aliphatic carbocycles. The molecule has 2 fully saturated rings. The standard InChI is InChI=1S/C12H22N2O2/c1-16-9-11(15)14-7-5-12(6-8-14)4-2-3-10(12)13/h10H,2-9,13H2,1H3. The molecule has 4 nitrogen and oxygen atoms in total. The van der Waals surface area contributed by atoms with Gasteiger partial charge in [0.15, 0.2) is 0 Å². The van der Waals surface area contributed by atoms with Crippen LogP contribution >= 0.6 is 0 Å². The Kier molecular flexibility index (Phi) is 3.50. The van der Waals surface area contributed by atoms with Crippen LogP contribution in [0.15, 0.2) is 0 Å². The highest BCUT2D eigenvalue weighted by Gasteiger charge is 2.43. The minimum atomic E-state index is 0.115. The number of carbonyl (C=O) groups is 1. The number of nitrogens with two attached hydrogens (primary N) is 1. The van der Waals surface area contributed by atoms with Gasteiger partial charge in [0.2, 0.25) is 5.91 Å². The van der Waals surface area contributed by atoms with Crippen molar-refractivity contribution >= 4 is 5.91 Å². The first kappa shape index (κ1) is 11.9. The van der Waals surface area contributed by atoms with Crippen LogP contribution in [0.2, 0.25) is 0 Å². The van der Waals surface area contributed by atoms with Crippen LogP contribution in [0.1, 0.15) is 32.1 Å². The summed E-state index contributed by atoms with van der Waals surface area (Å²) in [6.45, 7) is 1.92. The summed E-state index contributed by atoms with van der Waals surface area (Å²) < 4.78 is 4.88. The zero-order chi connectivity index (χ0) is 11.6. The zero-order valence-corrected chi connectivity index (χ0v) is 10.1. The van der Waals surface area contributed by atoms with Gasteiger partial charge in [-0.1, -0.05) is 6.42 Å². The molecule has 1 amide bonds. The smallest absolute Gasteiger partial charge is 0.248 e. The first-order valence-corrected chi connectivity index (χ1v) is 6.20. The average Bonchev–Trinajstić information content (AvgIpc) is 2.62. The van der Waals surface area contributed by atoms with Crippen LogP contribution < -0.4 is 5.73 Å². The minimum Gasteiger partial charge on any atom is -0.375 e. The van der Waals surface area contributed by atoms with Crippen LogP contribution in [0.4, 0.5) is 0 Å². The summed E-state index contributed by atoms with van der Waals surface area (Å²) in [5.41, 5.74) is 6.53. The van der Waals surface area contributed by atoms with Crippen LogP contribution in [-0.4, -0.2) is 43.7 Å². The van der Waals surface area contributed by atoms with Gasteiger partial charge in [-0.3, -0.25) is 4.79 Å². The van der Waals surface area contributed by atoms with Gasteiger partial charge in [-0.15, -0.1) is 0 Å². The molecule has 1 heterocycles. The number of nitrogens with zero attached hydrogens (tertiary/aromatic N) is 1. The molecule has 1 unspecified atom stereocenters. The van der Waals surface area contributed by atoms with Gasteiger partial charge in [-0.2, -0.15) is 0 Å². The molecule has 0 radical (unpaired) electrons. The van der Waals surface area contributed by atoms with Gasteiger partial charge in [0.1, 0.15) is 6.61 Å². The van der Waals surface area contributed by atoms with E-state index in [0.717, 1.165) is 32.4 Å². The van der Waals surface area contributed by atoms with E-state index in [-0.39, 0.29) is 12.5 Å². The van der Waals surface area contributed by atoms with E-state index in [2.05, 4.69) is 0 Å². The fourth-order valence-electron chi connectivity index (χ4n) is 3.20.